The minimum absolute atomic E-state index is 0.0982. The van der Waals surface area contributed by atoms with E-state index in [4.69, 9.17) is 13.9 Å². The van der Waals surface area contributed by atoms with Crippen LogP contribution in [0.25, 0.3) is 11.6 Å². The van der Waals surface area contributed by atoms with Gasteiger partial charge in [-0.15, -0.1) is 10.2 Å². The summed E-state index contributed by atoms with van der Waals surface area (Å²) >= 11 is 1.34. The number of aromatic nitrogens is 3. The van der Waals surface area contributed by atoms with E-state index in [9.17, 15) is 4.79 Å². The third-order valence-electron chi connectivity index (χ3n) is 5.25. The van der Waals surface area contributed by atoms with Crippen LogP contribution in [0.15, 0.2) is 76.5 Å². The largest absolute Gasteiger partial charge is 0.461 e. The molecule has 0 saturated heterocycles. The van der Waals surface area contributed by atoms with Crippen molar-refractivity contribution in [3.8, 4) is 23.1 Å². The minimum Gasteiger partial charge on any atom is -0.461 e. The molecule has 8 nitrogen and oxygen atoms in total. The highest BCUT2D eigenvalue weighted by atomic mass is 32.2. The van der Waals surface area contributed by atoms with Gasteiger partial charge in [-0.05, 0) is 42.3 Å². The lowest BCUT2D eigenvalue weighted by atomic mass is 10.1. The fraction of sp³-hybridized carbons (Fsp3) is 0.208. The third kappa shape index (κ3) is 4.73. The molecule has 3 heterocycles. The van der Waals surface area contributed by atoms with Crippen LogP contribution >= 0.6 is 11.8 Å². The van der Waals surface area contributed by atoms with Crippen molar-refractivity contribution in [3.05, 3.63) is 78.1 Å². The predicted molar refractivity (Wildman–Crippen MR) is 123 cm³/mol. The molecule has 0 radical (unpaired) electrons. The second-order valence-electron chi connectivity index (χ2n) is 7.55. The first-order valence-electron chi connectivity index (χ1n) is 10.5. The zero-order valence-electron chi connectivity index (χ0n) is 17.9. The molecule has 0 saturated carbocycles. The van der Waals surface area contributed by atoms with Crippen molar-refractivity contribution >= 4 is 17.7 Å². The van der Waals surface area contributed by atoms with Gasteiger partial charge in [0.2, 0.25) is 18.5 Å². The van der Waals surface area contributed by atoms with Gasteiger partial charge in [0, 0.05) is 0 Å². The zero-order valence-corrected chi connectivity index (χ0v) is 18.7. The molecule has 1 amide bonds. The Hall–Kier alpha value is -3.72. The Labute approximate surface area is 194 Å². The van der Waals surface area contributed by atoms with E-state index in [0.29, 0.717) is 29.0 Å². The lowest BCUT2D eigenvalue weighted by Crippen LogP contribution is -2.28. The van der Waals surface area contributed by atoms with E-state index in [-0.39, 0.29) is 24.5 Å². The topological polar surface area (TPSA) is 91.4 Å². The first-order chi connectivity index (χ1) is 16.2. The fourth-order valence-electron chi connectivity index (χ4n) is 3.57. The average Bonchev–Trinajstić information content (AvgIpc) is 3.59. The molecular weight excluding hydrogens is 440 g/mol. The Morgan fingerprint density at radius 2 is 1.94 bits per heavy atom. The smallest absolute Gasteiger partial charge is 0.231 e. The zero-order chi connectivity index (χ0) is 22.6. The molecule has 9 heteroatoms. The van der Waals surface area contributed by atoms with Crippen molar-refractivity contribution in [2.45, 2.75) is 24.7 Å². The van der Waals surface area contributed by atoms with Crippen molar-refractivity contribution in [2.75, 3.05) is 12.5 Å². The van der Waals surface area contributed by atoms with Crippen LogP contribution in [0.3, 0.4) is 0 Å². The van der Waals surface area contributed by atoms with E-state index in [1.807, 2.05) is 72.2 Å². The number of hydrogen-bond donors (Lipinski definition) is 1. The number of carbonyl (C=O) groups is 1. The van der Waals surface area contributed by atoms with Crippen LogP contribution in [0.2, 0.25) is 0 Å². The molecule has 0 bridgehead atoms. The van der Waals surface area contributed by atoms with Crippen LogP contribution in [-0.2, 0) is 11.3 Å². The van der Waals surface area contributed by atoms with Crippen LogP contribution in [0, 0.1) is 0 Å². The lowest BCUT2D eigenvalue weighted by Gasteiger charge is -2.15. The first-order valence-corrected chi connectivity index (χ1v) is 11.5. The number of ether oxygens (including phenoxy) is 2. The molecule has 0 unspecified atom stereocenters. The van der Waals surface area contributed by atoms with Crippen molar-refractivity contribution < 1.29 is 18.7 Å². The molecule has 0 fully saturated rings. The van der Waals surface area contributed by atoms with Gasteiger partial charge in [-0.3, -0.25) is 9.36 Å². The number of thioether (sulfide) groups is 1. The standard InChI is InChI=1S/C24H22N4O4S/c1-16(18-9-10-19-21(12-18)32-15-31-19)25-22(29)14-33-24-27-26-23(20-8-5-11-30-20)28(24)13-17-6-3-2-4-7-17/h2-12,16H,13-15H2,1H3,(H,25,29)/t16-/m1/s1. The summed E-state index contributed by atoms with van der Waals surface area (Å²) in [6.45, 7) is 2.73. The number of amides is 1. The molecule has 0 aliphatic carbocycles. The molecular formula is C24H22N4O4S. The Morgan fingerprint density at radius 3 is 2.76 bits per heavy atom. The van der Waals surface area contributed by atoms with E-state index >= 15 is 0 Å². The summed E-state index contributed by atoms with van der Waals surface area (Å²) in [6.07, 6.45) is 1.61. The number of furan rings is 1. The van der Waals surface area contributed by atoms with Crippen molar-refractivity contribution in [2.24, 2.45) is 0 Å². The van der Waals surface area contributed by atoms with Crippen molar-refractivity contribution in [1.29, 1.82) is 0 Å². The summed E-state index contributed by atoms with van der Waals surface area (Å²) in [4.78, 5) is 12.7. The molecule has 1 atom stereocenters. The second-order valence-corrected chi connectivity index (χ2v) is 8.49. The Kier molecular flexibility index (Phi) is 6.03. The van der Waals surface area contributed by atoms with Gasteiger partial charge in [0.1, 0.15) is 0 Å². The van der Waals surface area contributed by atoms with E-state index in [1.54, 1.807) is 6.26 Å². The van der Waals surface area contributed by atoms with Gasteiger partial charge >= 0.3 is 0 Å². The highest BCUT2D eigenvalue weighted by Crippen LogP contribution is 2.34. The van der Waals surface area contributed by atoms with E-state index in [2.05, 4.69) is 15.5 Å². The average molecular weight is 463 g/mol. The van der Waals surface area contributed by atoms with E-state index in [0.717, 1.165) is 16.9 Å². The van der Waals surface area contributed by atoms with Gasteiger partial charge in [-0.2, -0.15) is 0 Å². The second kappa shape index (κ2) is 9.41. The first kappa shape index (κ1) is 21.1. The van der Waals surface area contributed by atoms with E-state index in [1.165, 1.54) is 11.8 Å². The maximum Gasteiger partial charge on any atom is 0.231 e. The van der Waals surface area contributed by atoms with E-state index < -0.39 is 0 Å². The van der Waals surface area contributed by atoms with Gasteiger partial charge in [0.15, 0.2) is 22.4 Å². The summed E-state index contributed by atoms with van der Waals surface area (Å²) in [6, 6.07) is 19.2. The van der Waals surface area contributed by atoms with Gasteiger partial charge in [0.05, 0.1) is 24.6 Å². The Morgan fingerprint density at radius 1 is 1.09 bits per heavy atom. The summed E-state index contributed by atoms with van der Waals surface area (Å²) in [5.74, 6) is 2.78. The Bertz CT molecular complexity index is 1240. The summed E-state index contributed by atoms with van der Waals surface area (Å²) < 4.78 is 18.3. The summed E-state index contributed by atoms with van der Waals surface area (Å²) in [5, 5.41) is 12.3. The highest BCUT2D eigenvalue weighted by molar-refractivity contribution is 7.99. The monoisotopic (exact) mass is 462 g/mol. The van der Waals surface area contributed by atoms with Crippen molar-refractivity contribution in [1.82, 2.24) is 20.1 Å². The number of rotatable bonds is 8. The van der Waals surface area contributed by atoms with Crippen LogP contribution < -0.4 is 14.8 Å². The number of fused-ring (bicyclic) bond motifs is 1. The molecule has 1 N–H and O–H groups in total. The van der Waals surface area contributed by atoms with Gasteiger partial charge in [-0.25, -0.2) is 0 Å². The maximum absolute atomic E-state index is 12.7. The molecule has 0 spiro atoms. The SMILES string of the molecule is C[C@@H](NC(=O)CSc1nnc(-c2ccco2)n1Cc1ccccc1)c1ccc2c(c1)OCO2. The molecule has 1 aliphatic heterocycles. The number of carbonyl (C=O) groups excluding carboxylic acids is 1. The number of hydrogen-bond acceptors (Lipinski definition) is 7. The third-order valence-corrected chi connectivity index (χ3v) is 6.22. The molecule has 1 aliphatic rings. The van der Waals surface area contributed by atoms with Gasteiger partial charge in [0.25, 0.3) is 0 Å². The number of nitrogens with one attached hydrogen (secondary N) is 1. The van der Waals surface area contributed by atoms with Crippen LogP contribution in [0.5, 0.6) is 11.5 Å². The normalized spacial score (nSPS) is 13.1. The van der Waals surface area contributed by atoms with Gasteiger partial charge < -0.3 is 19.2 Å². The molecule has 33 heavy (non-hydrogen) atoms. The molecule has 2 aromatic heterocycles. The van der Waals surface area contributed by atoms with Crippen molar-refractivity contribution in [3.63, 3.8) is 0 Å². The molecule has 4 aromatic rings. The highest BCUT2D eigenvalue weighted by Gasteiger charge is 2.20. The molecule has 5 rings (SSSR count). The Balaban J connectivity index is 1.27. The molecule has 168 valence electrons. The maximum atomic E-state index is 12.7. The van der Waals surface area contributed by atoms with Crippen LogP contribution in [0.4, 0.5) is 0 Å². The van der Waals surface area contributed by atoms with Gasteiger partial charge in [-0.1, -0.05) is 48.2 Å². The number of benzene rings is 2. The minimum atomic E-state index is -0.173. The predicted octanol–water partition coefficient (Wildman–Crippen LogP) is 4.28. The fourth-order valence-corrected chi connectivity index (χ4v) is 4.32. The lowest BCUT2D eigenvalue weighted by molar-refractivity contribution is -0.119. The van der Waals surface area contributed by atoms with Crippen LogP contribution in [-0.4, -0.2) is 33.2 Å². The quantitative estimate of drug-likeness (QED) is 0.391. The van der Waals surface area contributed by atoms with Crippen LogP contribution in [0.1, 0.15) is 24.1 Å². The molecule has 2 aromatic carbocycles. The summed E-state index contributed by atoms with van der Waals surface area (Å²) in [7, 11) is 0. The summed E-state index contributed by atoms with van der Waals surface area (Å²) in [5.41, 5.74) is 2.05. The number of nitrogens with zero attached hydrogens (tertiary/aromatic N) is 3.